The summed E-state index contributed by atoms with van der Waals surface area (Å²) < 4.78 is 0. The van der Waals surface area contributed by atoms with Gasteiger partial charge in [0.2, 0.25) is 0 Å². The van der Waals surface area contributed by atoms with Crippen molar-refractivity contribution in [3.8, 4) is 22.3 Å². The molecule has 0 aromatic heterocycles. The summed E-state index contributed by atoms with van der Waals surface area (Å²) in [4.78, 5) is 2.57. The Bertz CT molecular complexity index is 2230. The molecule has 0 heterocycles. The molecule has 4 aliphatic rings. The predicted molar refractivity (Wildman–Crippen MR) is 216 cm³/mol. The Labute approximate surface area is 304 Å². The fraction of sp³-hybridized carbons (Fsp3) is 0.320. The highest BCUT2D eigenvalue weighted by Crippen LogP contribution is 2.55. The maximum absolute atomic E-state index is 2.57. The van der Waals surface area contributed by atoms with Crippen LogP contribution in [0.15, 0.2) is 127 Å². The largest absolute Gasteiger partial charge is 0.310 e. The van der Waals surface area contributed by atoms with Gasteiger partial charge in [0.1, 0.15) is 0 Å². The van der Waals surface area contributed by atoms with E-state index in [1.165, 1.54) is 125 Å². The lowest BCUT2D eigenvalue weighted by atomic mass is 9.81. The summed E-state index contributed by atoms with van der Waals surface area (Å²) in [7, 11) is 0. The molecule has 6 aromatic carbocycles. The van der Waals surface area contributed by atoms with Crippen LogP contribution in [-0.2, 0) is 5.41 Å². The minimum Gasteiger partial charge on any atom is -0.310 e. The standard InChI is InChI=1S/C50H49N/c1-50(2)47-15-9-8-14-43(47)46-31-45(40-19-18-35-12-6-7-13-38(35)30-40)49(32-48(46)50)51(41-24-20-36(21-25-41)34-10-4-3-5-11-34)42-26-22-37(23-27-42)44-29-33-16-17-39(44)28-33/h6-9,12-15,18-27,30-34,39,44H,3-5,10-11,16-17,28-29H2,1-2H3. The van der Waals surface area contributed by atoms with Crippen molar-refractivity contribution in [2.24, 2.45) is 11.8 Å². The average molecular weight is 664 g/mol. The summed E-state index contributed by atoms with van der Waals surface area (Å²) in [5.41, 5.74) is 14.8. The Morgan fingerprint density at radius 3 is 1.96 bits per heavy atom. The fourth-order valence-electron chi connectivity index (χ4n) is 10.8. The van der Waals surface area contributed by atoms with Crippen molar-refractivity contribution in [1.82, 2.24) is 0 Å². The third-order valence-electron chi connectivity index (χ3n) is 13.5. The molecule has 0 aliphatic heterocycles. The zero-order valence-electron chi connectivity index (χ0n) is 30.2. The lowest BCUT2D eigenvalue weighted by Gasteiger charge is -2.31. The molecule has 51 heavy (non-hydrogen) atoms. The van der Waals surface area contributed by atoms with Crippen LogP contribution >= 0.6 is 0 Å². The van der Waals surface area contributed by atoms with Gasteiger partial charge in [-0.2, -0.15) is 0 Å². The summed E-state index contributed by atoms with van der Waals surface area (Å²) in [6.45, 7) is 4.81. The normalized spacial score (nSPS) is 21.9. The molecule has 1 nitrogen and oxygen atoms in total. The second-order valence-electron chi connectivity index (χ2n) is 16.8. The van der Waals surface area contributed by atoms with Crippen molar-refractivity contribution < 1.29 is 0 Å². The van der Waals surface area contributed by atoms with E-state index in [1.807, 2.05) is 0 Å². The Hall–Kier alpha value is -4.62. The number of anilines is 3. The van der Waals surface area contributed by atoms with Gasteiger partial charge in [0, 0.05) is 22.4 Å². The Kier molecular flexibility index (Phi) is 7.49. The van der Waals surface area contributed by atoms with Gasteiger partial charge in [0.25, 0.3) is 0 Å². The van der Waals surface area contributed by atoms with E-state index in [0.717, 1.165) is 17.8 Å². The van der Waals surface area contributed by atoms with Crippen molar-refractivity contribution in [1.29, 1.82) is 0 Å². The predicted octanol–water partition coefficient (Wildman–Crippen LogP) is 14.2. The van der Waals surface area contributed by atoms with Gasteiger partial charge in [-0.1, -0.05) is 124 Å². The van der Waals surface area contributed by atoms with Crippen LogP contribution in [-0.4, -0.2) is 0 Å². The lowest BCUT2D eigenvalue weighted by Crippen LogP contribution is -2.17. The van der Waals surface area contributed by atoms with Crippen LogP contribution in [0.2, 0.25) is 0 Å². The number of hydrogen-bond acceptors (Lipinski definition) is 1. The van der Waals surface area contributed by atoms with Gasteiger partial charge >= 0.3 is 0 Å². The lowest BCUT2D eigenvalue weighted by molar-refractivity contribution is 0.420. The van der Waals surface area contributed by atoms with Crippen LogP contribution < -0.4 is 4.90 Å². The third-order valence-corrected chi connectivity index (χ3v) is 13.5. The zero-order valence-corrected chi connectivity index (χ0v) is 30.2. The van der Waals surface area contributed by atoms with Crippen molar-refractivity contribution in [2.75, 3.05) is 4.90 Å². The first-order valence-corrected chi connectivity index (χ1v) is 19.8. The highest BCUT2D eigenvalue weighted by molar-refractivity contribution is 5.97. The van der Waals surface area contributed by atoms with Gasteiger partial charge in [-0.25, -0.2) is 0 Å². The van der Waals surface area contributed by atoms with Crippen LogP contribution in [0.3, 0.4) is 0 Å². The Morgan fingerprint density at radius 2 is 1.24 bits per heavy atom. The first-order chi connectivity index (χ1) is 25.0. The quantitative estimate of drug-likeness (QED) is 0.171. The van der Waals surface area contributed by atoms with E-state index in [1.54, 1.807) is 5.56 Å². The van der Waals surface area contributed by atoms with E-state index < -0.39 is 0 Å². The van der Waals surface area contributed by atoms with Gasteiger partial charge in [-0.15, -0.1) is 0 Å². The molecule has 2 bridgehead atoms. The SMILES string of the molecule is CC1(C)c2ccccc2-c2cc(-c3ccc4ccccc4c3)c(N(c3ccc(C4CCCCC4)cc3)c3ccc(C4CC5CCC4C5)cc3)cc21. The van der Waals surface area contributed by atoms with Crippen LogP contribution in [0.4, 0.5) is 17.1 Å². The fourth-order valence-corrected chi connectivity index (χ4v) is 10.8. The molecule has 6 aromatic rings. The molecule has 0 saturated heterocycles. The first kappa shape index (κ1) is 31.1. The van der Waals surface area contributed by atoms with Crippen LogP contribution in [0.25, 0.3) is 33.0 Å². The number of nitrogens with zero attached hydrogens (tertiary/aromatic N) is 1. The maximum Gasteiger partial charge on any atom is 0.0543 e. The highest BCUT2D eigenvalue weighted by Gasteiger charge is 2.40. The molecular weight excluding hydrogens is 615 g/mol. The number of hydrogen-bond donors (Lipinski definition) is 0. The third kappa shape index (κ3) is 5.26. The van der Waals surface area contributed by atoms with Crippen LogP contribution in [0, 0.1) is 11.8 Å². The molecule has 10 rings (SSSR count). The second kappa shape index (κ2) is 12.3. The summed E-state index contributed by atoms with van der Waals surface area (Å²) in [5, 5.41) is 2.56. The molecule has 0 radical (unpaired) electrons. The van der Waals surface area contributed by atoms with Gasteiger partial charge < -0.3 is 4.90 Å². The van der Waals surface area contributed by atoms with E-state index in [0.29, 0.717) is 5.92 Å². The summed E-state index contributed by atoms with van der Waals surface area (Å²) in [6, 6.07) is 49.4. The Morgan fingerprint density at radius 1 is 0.529 bits per heavy atom. The molecule has 4 aliphatic carbocycles. The number of fused-ring (bicyclic) bond motifs is 6. The molecule has 0 amide bonds. The average Bonchev–Trinajstić information content (AvgIpc) is 3.88. The number of rotatable bonds is 6. The maximum atomic E-state index is 2.57. The topological polar surface area (TPSA) is 3.24 Å². The van der Waals surface area contributed by atoms with Crippen molar-refractivity contribution in [2.45, 2.75) is 88.9 Å². The van der Waals surface area contributed by atoms with E-state index in [4.69, 9.17) is 0 Å². The van der Waals surface area contributed by atoms with E-state index in [9.17, 15) is 0 Å². The monoisotopic (exact) mass is 663 g/mol. The minimum atomic E-state index is -0.0925. The van der Waals surface area contributed by atoms with E-state index in [-0.39, 0.29) is 5.41 Å². The van der Waals surface area contributed by atoms with Gasteiger partial charge in [-0.05, 0) is 148 Å². The molecule has 3 saturated carbocycles. The molecule has 0 spiro atoms. The molecule has 0 N–H and O–H groups in total. The van der Waals surface area contributed by atoms with Crippen molar-refractivity contribution >= 4 is 27.8 Å². The van der Waals surface area contributed by atoms with Gasteiger partial charge in [0.15, 0.2) is 0 Å². The van der Waals surface area contributed by atoms with Gasteiger partial charge in [-0.3, -0.25) is 0 Å². The zero-order chi connectivity index (χ0) is 34.1. The molecule has 3 atom stereocenters. The Balaban J connectivity index is 1.17. The first-order valence-electron chi connectivity index (χ1n) is 19.8. The minimum absolute atomic E-state index is 0.0925. The van der Waals surface area contributed by atoms with Crippen molar-refractivity contribution in [3.05, 3.63) is 150 Å². The number of benzene rings is 6. The molecule has 3 unspecified atom stereocenters. The van der Waals surface area contributed by atoms with E-state index >= 15 is 0 Å². The second-order valence-corrected chi connectivity index (χ2v) is 16.8. The van der Waals surface area contributed by atoms with Crippen molar-refractivity contribution in [3.63, 3.8) is 0 Å². The summed E-state index contributed by atoms with van der Waals surface area (Å²) in [6.07, 6.45) is 12.4. The summed E-state index contributed by atoms with van der Waals surface area (Å²) in [5.74, 6) is 3.25. The summed E-state index contributed by atoms with van der Waals surface area (Å²) >= 11 is 0. The van der Waals surface area contributed by atoms with Gasteiger partial charge in [0.05, 0.1) is 5.69 Å². The molecule has 3 fully saturated rings. The van der Waals surface area contributed by atoms with Crippen LogP contribution in [0.5, 0.6) is 0 Å². The molecule has 1 heteroatoms. The molecular formula is C50H49N. The smallest absolute Gasteiger partial charge is 0.0543 e. The van der Waals surface area contributed by atoms with Crippen LogP contribution in [0.1, 0.15) is 106 Å². The van der Waals surface area contributed by atoms with E-state index in [2.05, 4.69) is 146 Å². The molecule has 254 valence electrons. The highest BCUT2D eigenvalue weighted by atomic mass is 15.1.